The lowest BCUT2D eigenvalue weighted by Gasteiger charge is -2.31. The van der Waals surface area contributed by atoms with E-state index in [-0.39, 0.29) is 11.9 Å². The molecule has 0 spiro atoms. The molecule has 1 aromatic heterocycles. The molecule has 1 saturated heterocycles. The molecule has 0 bridgehead atoms. The fraction of sp³-hybridized carbons (Fsp3) is 0.381. The van der Waals surface area contributed by atoms with Gasteiger partial charge in [-0.1, -0.05) is 6.07 Å². The van der Waals surface area contributed by atoms with E-state index in [0.29, 0.717) is 30.3 Å². The summed E-state index contributed by atoms with van der Waals surface area (Å²) in [6, 6.07) is 12.8. The highest BCUT2D eigenvalue weighted by atomic mass is 16.5. The molecule has 0 atom stereocenters. The number of ether oxygens (including phenoxy) is 1. The van der Waals surface area contributed by atoms with Gasteiger partial charge in [0.15, 0.2) is 0 Å². The number of carbonyl (C=O) groups excluding carboxylic acids is 2. The summed E-state index contributed by atoms with van der Waals surface area (Å²) in [4.78, 5) is 30.6. The van der Waals surface area contributed by atoms with Crippen LogP contribution < -0.4 is 5.32 Å². The van der Waals surface area contributed by atoms with E-state index in [1.165, 1.54) is 0 Å². The number of rotatable bonds is 6. The number of benzene rings is 1. The zero-order valence-corrected chi connectivity index (χ0v) is 15.6. The third kappa shape index (κ3) is 5.37. The third-order valence-corrected chi connectivity index (χ3v) is 4.74. The summed E-state index contributed by atoms with van der Waals surface area (Å²) in [5.74, 6) is 0.0715. The molecule has 0 unspecified atom stereocenters. The van der Waals surface area contributed by atoms with Gasteiger partial charge in [0.25, 0.3) is 0 Å². The van der Waals surface area contributed by atoms with Gasteiger partial charge in [-0.25, -0.2) is 4.79 Å². The number of carbonyl (C=O) groups is 2. The van der Waals surface area contributed by atoms with Crippen molar-refractivity contribution < 1.29 is 14.3 Å². The van der Waals surface area contributed by atoms with Crippen LogP contribution in [-0.2, 0) is 9.53 Å². The predicted octanol–water partition coefficient (Wildman–Crippen LogP) is 3.08. The number of amides is 1. The molecule has 1 amide bonds. The summed E-state index contributed by atoms with van der Waals surface area (Å²) in [5, 5.41) is 2.89. The van der Waals surface area contributed by atoms with E-state index in [1.807, 2.05) is 18.3 Å². The number of nitrogens with one attached hydrogen (secondary N) is 1. The van der Waals surface area contributed by atoms with Crippen LogP contribution in [0.1, 0.15) is 41.7 Å². The molecule has 6 nitrogen and oxygen atoms in total. The standard InChI is InChI=1S/C21H25N3O3/c1-2-27-21(26)17-6-8-18(9-7-17)23-20(25)15-24-13-10-16(11-14-24)19-5-3-4-12-22-19/h3-9,12,16H,2,10-11,13-15H2,1H3,(H,23,25). The molecule has 1 fully saturated rings. The van der Waals surface area contributed by atoms with Gasteiger partial charge in [0.05, 0.1) is 18.7 Å². The van der Waals surface area contributed by atoms with Crippen molar-refractivity contribution in [2.45, 2.75) is 25.7 Å². The van der Waals surface area contributed by atoms with Crippen molar-refractivity contribution in [3.63, 3.8) is 0 Å². The number of pyridine rings is 1. The molecule has 6 heteroatoms. The van der Waals surface area contributed by atoms with Crippen molar-refractivity contribution >= 4 is 17.6 Å². The number of aromatic nitrogens is 1. The fourth-order valence-corrected chi connectivity index (χ4v) is 3.31. The molecule has 0 saturated carbocycles. The Labute approximate surface area is 159 Å². The van der Waals surface area contributed by atoms with Crippen LogP contribution in [0.25, 0.3) is 0 Å². The molecule has 1 aliphatic rings. The Morgan fingerprint density at radius 3 is 2.52 bits per heavy atom. The first-order valence-corrected chi connectivity index (χ1v) is 9.36. The lowest BCUT2D eigenvalue weighted by Crippen LogP contribution is -2.38. The Kier molecular flexibility index (Phi) is 6.54. The normalized spacial score (nSPS) is 15.3. The highest BCUT2D eigenvalue weighted by molar-refractivity contribution is 5.94. The second-order valence-corrected chi connectivity index (χ2v) is 6.65. The Morgan fingerprint density at radius 1 is 1.15 bits per heavy atom. The second kappa shape index (κ2) is 9.28. The molecule has 2 aromatic rings. The van der Waals surface area contributed by atoms with Crippen molar-refractivity contribution in [2.75, 3.05) is 31.6 Å². The smallest absolute Gasteiger partial charge is 0.338 e. The van der Waals surface area contributed by atoms with Crippen LogP contribution in [0.2, 0.25) is 0 Å². The molecule has 0 radical (unpaired) electrons. The summed E-state index contributed by atoms with van der Waals surface area (Å²) in [6.45, 7) is 4.25. The number of hydrogen-bond acceptors (Lipinski definition) is 5. The van der Waals surface area contributed by atoms with Gasteiger partial charge in [0, 0.05) is 23.5 Å². The van der Waals surface area contributed by atoms with E-state index in [2.05, 4.69) is 21.3 Å². The Hall–Kier alpha value is -2.73. The molecule has 3 rings (SSSR count). The first-order chi connectivity index (χ1) is 13.2. The second-order valence-electron chi connectivity index (χ2n) is 6.65. The Balaban J connectivity index is 1.45. The highest BCUT2D eigenvalue weighted by Crippen LogP contribution is 2.26. The number of anilines is 1. The molecular formula is C21H25N3O3. The fourth-order valence-electron chi connectivity index (χ4n) is 3.31. The summed E-state index contributed by atoms with van der Waals surface area (Å²) in [6.07, 6.45) is 3.86. The maximum absolute atomic E-state index is 12.3. The summed E-state index contributed by atoms with van der Waals surface area (Å²) in [5.41, 5.74) is 2.30. The van der Waals surface area contributed by atoms with Gasteiger partial charge in [0.1, 0.15) is 0 Å². The van der Waals surface area contributed by atoms with Gasteiger partial charge < -0.3 is 10.1 Å². The lowest BCUT2D eigenvalue weighted by molar-refractivity contribution is -0.117. The molecule has 2 heterocycles. The Bertz CT molecular complexity index is 754. The summed E-state index contributed by atoms with van der Waals surface area (Å²) >= 11 is 0. The van der Waals surface area contributed by atoms with Crippen molar-refractivity contribution in [2.24, 2.45) is 0 Å². The van der Waals surface area contributed by atoms with Crippen LogP contribution in [0.5, 0.6) is 0 Å². The molecular weight excluding hydrogens is 342 g/mol. The summed E-state index contributed by atoms with van der Waals surface area (Å²) in [7, 11) is 0. The SMILES string of the molecule is CCOC(=O)c1ccc(NC(=O)CN2CCC(c3ccccn3)CC2)cc1. The largest absolute Gasteiger partial charge is 0.462 e. The van der Waals surface area contributed by atoms with E-state index < -0.39 is 0 Å². The van der Waals surface area contributed by atoms with Crippen molar-refractivity contribution in [1.29, 1.82) is 0 Å². The molecule has 27 heavy (non-hydrogen) atoms. The maximum atomic E-state index is 12.3. The lowest BCUT2D eigenvalue weighted by atomic mass is 9.93. The van der Waals surface area contributed by atoms with E-state index in [4.69, 9.17) is 4.74 Å². The average molecular weight is 367 g/mol. The number of piperidine rings is 1. The molecule has 0 aliphatic carbocycles. The van der Waals surface area contributed by atoms with Crippen LogP contribution in [0.15, 0.2) is 48.7 Å². The minimum Gasteiger partial charge on any atom is -0.462 e. The van der Waals surface area contributed by atoms with Gasteiger partial charge in [-0.05, 0) is 69.3 Å². The molecule has 1 aromatic carbocycles. The topological polar surface area (TPSA) is 71.5 Å². The number of hydrogen-bond donors (Lipinski definition) is 1. The van der Waals surface area contributed by atoms with E-state index >= 15 is 0 Å². The average Bonchev–Trinajstić information content (AvgIpc) is 2.70. The first kappa shape index (κ1) is 19.0. The minimum atomic E-state index is -0.355. The number of likely N-dealkylation sites (tertiary alicyclic amines) is 1. The molecule has 142 valence electrons. The molecule has 1 N–H and O–H groups in total. The van der Waals surface area contributed by atoms with E-state index in [1.54, 1.807) is 31.2 Å². The van der Waals surface area contributed by atoms with Crippen LogP contribution in [-0.4, -0.2) is 48.0 Å². The van der Waals surface area contributed by atoms with Gasteiger partial charge >= 0.3 is 5.97 Å². The van der Waals surface area contributed by atoms with Crippen LogP contribution in [0.3, 0.4) is 0 Å². The quantitative estimate of drug-likeness (QED) is 0.795. The van der Waals surface area contributed by atoms with Crippen molar-refractivity contribution in [3.05, 3.63) is 59.9 Å². The van der Waals surface area contributed by atoms with Gasteiger partial charge in [-0.2, -0.15) is 0 Å². The monoisotopic (exact) mass is 367 g/mol. The van der Waals surface area contributed by atoms with Crippen molar-refractivity contribution in [1.82, 2.24) is 9.88 Å². The summed E-state index contributed by atoms with van der Waals surface area (Å²) < 4.78 is 4.95. The van der Waals surface area contributed by atoms with E-state index in [0.717, 1.165) is 31.6 Å². The first-order valence-electron chi connectivity index (χ1n) is 9.36. The zero-order valence-electron chi connectivity index (χ0n) is 15.6. The van der Waals surface area contributed by atoms with Gasteiger partial charge in [0.2, 0.25) is 5.91 Å². The van der Waals surface area contributed by atoms with E-state index in [9.17, 15) is 9.59 Å². The van der Waals surface area contributed by atoms with Gasteiger partial charge in [-0.3, -0.25) is 14.7 Å². The Morgan fingerprint density at radius 2 is 1.89 bits per heavy atom. The van der Waals surface area contributed by atoms with Crippen LogP contribution in [0, 0.1) is 0 Å². The third-order valence-electron chi connectivity index (χ3n) is 4.74. The van der Waals surface area contributed by atoms with Crippen LogP contribution >= 0.6 is 0 Å². The maximum Gasteiger partial charge on any atom is 0.338 e. The predicted molar refractivity (Wildman–Crippen MR) is 104 cm³/mol. The minimum absolute atomic E-state index is 0.0461. The van der Waals surface area contributed by atoms with Crippen molar-refractivity contribution in [3.8, 4) is 0 Å². The van der Waals surface area contributed by atoms with Gasteiger partial charge in [-0.15, -0.1) is 0 Å². The van der Waals surface area contributed by atoms with Crippen LogP contribution in [0.4, 0.5) is 5.69 Å². The highest BCUT2D eigenvalue weighted by Gasteiger charge is 2.22. The molecule has 1 aliphatic heterocycles. The number of nitrogens with zero attached hydrogens (tertiary/aromatic N) is 2. The zero-order chi connectivity index (χ0) is 19.1. The number of esters is 1.